The molecule has 1 fully saturated rings. The summed E-state index contributed by atoms with van der Waals surface area (Å²) < 4.78 is 7.37. The number of likely N-dealkylation sites (tertiary alicyclic amines) is 1. The highest BCUT2D eigenvalue weighted by atomic mass is 35.5. The Labute approximate surface area is 167 Å². The van der Waals surface area contributed by atoms with Crippen molar-refractivity contribution in [1.29, 1.82) is 0 Å². The number of nitrogens with zero attached hydrogens (tertiary/aromatic N) is 3. The Morgan fingerprint density at radius 1 is 1.43 bits per heavy atom. The molecule has 28 heavy (non-hydrogen) atoms. The van der Waals surface area contributed by atoms with E-state index in [4.69, 9.17) is 22.1 Å². The lowest BCUT2D eigenvalue weighted by Crippen LogP contribution is -2.37. The third-order valence-electron chi connectivity index (χ3n) is 4.99. The monoisotopic (exact) mass is 398 g/mol. The van der Waals surface area contributed by atoms with E-state index in [-0.39, 0.29) is 22.5 Å². The quantitative estimate of drug-likeness (QED) is 0.741. The predicted octanol–water partition coefficient (Wildman–Crippen LogP) is 1.78. The summed E-state index contributed by atoms with van der Waals surface area (Å²) in [6.07, 6.45) is 2.22. The zero-order chi connectivity index (χ0) is 19.8. The summed E-state index contributed by atoms with van der Waals surface area (Å²) in [7, 11) is 1.80. The molecule has 2 amide bonds. The second-order valence-corrected chi connectivity index (χ2v) is 7.27. The number of aromatic nitrogens is 2. The highest BCUT2D eigenvalue weighted by Crippen LogP contribution is 2.32. The summed E-state index contributed by atoms with van der Waals surface area (Å²) in [4.78, 5) is 25.6. The Hall–Kier alpha value is -2.98. The van der Waals surface area contributed by atoms with Crippen molar-refractivity contribution < 1.29 is 14.3 Å². The zero-order valence-electron chi connectivity index (χ0n) is 15.4. The second-order valence-electron chi connectivity index (χ2n) is 6.89. The Kier molecular flexibility index (Phi) is 4.73. The summed E-state index contributed by atoms with van der Waals surface area (Å²) in [5.41, 5.74) is 7.45. The molecule has 1 atom stereocenters. The molecule has 1 aromatic carbocycles. The summed E-state index contributed by atoms with van der Waals surface area (Å²) in [5.74, 6) is 5.89. The van der Waals surface area contributed by atoms with E-state index >= 15 is 0 Å². The fraction of sp³-hybridized carbons (Fsp3) is 0.350. The molecule has 3 heterocycles. The minimum absolute atomic E-state index is 0.0387. The van der Waals surface area contributed by atoms with E-state index in [1.807, 2.05) is 18.2 Å². The molecule has 2 N–H and O–H groups in total. The first-order valence-electron chi connectivity index (χ1n) is 9.06. The van der Waals surface area contributed by atoms with Crippen molar-refractivity contribution in [3.8, 4) is 23.3 Å². The van der Waals surface area contributed by atoms with Gasteiger partial charge in [-0.15, -0.1) is 0 Å². The number of hydrogen-bond donors (Lipinski definition) is 1. The molecule has 0 aliphatic carbocycles. The largest absolute Gasteiger partial charge is 0.491 e. The number of piperidine rings is 1. The van der Waals surface area contributed by atoms with E-state index in [0.717, 1.165) is 24.9 Å². The van der Waals surface area contributed by atoms with Crippen LogP contribution in [0.25, 0.3) is 5.69 Å². The zero-order valence-corrected chi connectivity index (χ0v) is 16.1. The second kappa shape index (κ2) is 7.21. The van der Waals surface area contributed by atoms with Crippen LogP contribution in [0.15, 0.2) is 18.2 Å². The summed E-state index contributed by atoms with van der Waals surface area (Å²) in [6, 6.07) is 5.47. The molecule has 7 nitrogen and oxygen atoms in total. The van der Waals surface area contributed by atoms with Gasteiger partial charge in [-0.1, -0.05) is 23.4 Å². The maximum absolute atomic E-state index is 12.2. The van der Waals surface area contributed by atoms with Crippen LogP contribution in [0.2, 0.25) is 5.02 Å². The number of carbonyl (C=O) groups is 2. The number of ether oxygens (including phenoxy) is 1. The molecule has 4 rings (SSSR count). The van der Waals surface area contributed by atoms with Crippen molar-refractivity contribution in [2.45, 2.75) is 19.3 Å². The van der Waals surface area contributed by atoms with Gasteiger partial charge < -0.3 is 15.4 Å². The number of carbonyl (C=O) groups excluding carboxylic acids is 2. The van der Waals surface area contributed by atoms with E-state index in [2.05, 4.69) is 16.9 Å². The molecule has 8 heteroatoms. The van der Waals surface area contributed by atoms with Gasteiger partial charge in [-0.2, -0.15) is 5.10 Å². The topological polar surface area (TPSA) is 90.5 Å². The van der Waals surface area contributed by atoms with Crippen LogP contribution in [0.5, 0.6) is 5.75 Å². The average molecular weight is 399 g/mol. The van der Waals surface area contributed by atoms with Crippen molar-refractivity contribution in [3.05, 3.63) is 40.2 Å². The minimum Gasteiger partial charge on any atom is -0.491 e. The number of fused-ring (bicyclic) bond motifs is 3. The first-order chi connectivity index (χ1) is 13.5. The number of benzene rings is 1. The van der Waals surface area contributed by atoms with Crippen molar-refractivity contribution in [2.24, 2.45) is 11.7 Å². The number of hydrogen-bond acceptors (Lipinski definition) is 4. The first kappa shape index (κ1) is 18.4. The molecular formula is C20H19ClN4O3. The van der Waals surface area contributed by atoms with Gasteiger partial charge in [0.15, 0.2) is 5.69 Å². The molecule has 144 valence electrons. The van der Waals surface area contributed by atoms with Crippen LogP contribution in [-0.4, -0.2) is 46.7 Å². The Balaban J connectivity index is 1.73. The van der Waals surface area contributed by atoms with Crippen LogP contribution in [0.4, 0.5) is 0 Å². The molecule has 1 unspecified atom stereocenters. The molecule has 0 bridgehead atoms. The summed E-state index contributed by atoms with van der Waals surface area (Å²) in [6.45, 7) is 1.18. The van der Waals surface area contributed by atoms with Gasteiger partial charge in [-0.3, -0.25) is 9.59 Å². The van der Waals surface area contributed by atoms with Gasteiger partial charge in [0, 0.05) is 25.6 Å². The molecule has 1 aromatic heterocycles. The third-order valence-corrected chi connectivity index (χ3v) is 5.38. The molecular weight excluding hydrogens is 380 g/mol. The van der Waals surface area contributed by atoms with E-state index in [1.54, 1.807) is 16.6 Å². The van der Waals surface area contributed by atoms with Crippen molar-refractivity contribution >= 4 is 23.4 Å². The van der Waals surface area contributed by atoms with Crippen LogP contribution < -0.4 is 10.5 Å². The molecule has 0 spiro atoms. The smallest absolute Gasteiger partial charge is 0.270 e. The molecule has 1 saturated heterocycles. The lowest BCUT2D eigenvalue weighted by atomic mass is 9.97. The summed E-state index contributed by atoms with van der Waals surface area (Å²) in [5, 5.41) is 4.53. The Morgan fingerprint density at radius 2 is 2.25 bits per heavy atom. The van der Waals surface area contributed by atoms with Gasteiger partial charge >= 0.3 is 0 Å². The third kappa shape index (κ3) is 3.20. The van der Waals surface area contributed by atoms with Gasteiger partial charge in [0.2, 0.25) is 5.91 Å². The normalized spacial score (nSPS) is 18.3. The van der Waals surface area contributed by atoms with Gasteiger partial charge in [-0.25, -0.2) is 4.68 Å². The van der Waals surface area contributed by atoms with Crippen molar-refractivity contribution in [2.75, 3.05) is 20.2 Å². The highest BCUT2D eigenvalue weighted by molar-refractivity contribution is 6.34. The van der Waals surface area contributed by atoms with E-state index in [0.29, 0.717) is 30.2 Å². The number of amides is 2. The Morgan fingerprint density at radius 3 is 3.04 bits per heavy atom. The van der Waals surface area contributed by atoms with Gasteiger partial charge in [0.1, 0.15) is 11.4 Å². The number of rotatable bonds is 1. The van der Waals surface area contributed by atoms with Crippen LogP contribution in [-0.2, 0) is 11.2 Å². The lowest BCUT2D eigenvalue weighted by molar-refractivity contribution is -0.134. The van der Waals surface area contributed by atoms with Crippen LogP contribution >= 0.6 is 11.6 Å². The molecule has 2 aromatic rings. The van der Waals surface area contributed by atoms with E-state index in [9.17, 15) is 9.59 Å². The SMILES string of the molecule is CN1CCCC(C#Cc2ccc3c(c2)-n2nc(C(N)=O)c(Cl)c2CCO3)C1=O. The molecule has 0 radical (unpaired) electrons. The first-order valence-corrected chi connectivity index (χ1v) is 9.44. The van der Waals surface area contributed by atoms with Gasteiger partial charge in [-0.05, 0) is 31.0 Å². The minimum atomic E-state index is -0.677. The number of primary amides is 1. The van der Waals surface area contributed by atoms with Gasteiger partial charge in [0.05, 0.1) is 23.2 Å². The average Bonchev–Trinajstić information content (AvgIpc) is 2.89. The number of nitrogens with two attached hydrogens (primary N) is 1. The maximum atomic E-state index is 12.2. The summed E-state index contributed by atoms with van der Waals surface area (Å²) >= 11 is 6.30. The fourth-order valence-electron chi connectivity index (χ4n) is 3.48. The maximum Gasteiger partial charge on any atom is 0.270 e. The molecule has 0 saturated carbocycles. The predicted molar refractivity (Wildman–Crippen MR) is 104 cm³/mol. The highest BCUT2D eigenvalue weighted by Gasteiger charge is 2.26. The van der Waals surface area contributed by atoms with Crippen molar-refractivity contribution in [1.82, 2.24) is 14.7 Å². The standard InChI is InChI=1S/C20H19ClN4O3/c1-24-9-2-3-13(20(24)27)6-4-12-5-7-16-15(11-12)25-14(8-10-28-16)17(21)18(23-25)19(22)26/h5,7,11,13H,2-3,8-10H2,1H3,(H2,22,26). The van der Waals surface area contributed by atoms with Gasteiger partial charge in [0.25, 0.3) is 5.91 Å². The lowest BCUT2D eigenvalue weighted by Gasteiger charge is -2.26. The fourth-order valence-corrected chi connectivity index (χ4v) is 3.79. The number of halogens is 1. The molecule has 2 aliphatic heterocycles. The van der Waals surface area contributed by atoms with Crippen LogP contribution in [0.1, 0.15) is 34.6 Å². The Bertz CT molecular complexity index is 1030. The molecule has 2 aliphatic rings. The van der Waals surface area contributed by atoms with E-state index < -0.39 is 5.91 Å². The van der Waals surface area contributed by atoms with Crippen LogP contribution in [0, 0.1) is 17.8 Å². The van der Waals surface area contributed by atoms with Crippen molar-refractivity contribution in [3.63, 3.8) is 0 Å². The van der Waals surface area contributed by atoms with E-state index in [1.165, 1.54) is 0 Å². The van der Waals surface area contributed by atoms with Crippen LogP contribution in [0.3, 0.4) is 0 Å².